The van der Waals surface area contributed by atoms with E-state index < -0.39 is 5.79 Å². The van der Waals surface area contributed by atoms with Gasteiger partial charge in [-0.15, -0.1) is 0 Å². The summed E-state index contributed by atoms with van der Waals surface area (Å²) in [6.07, 6.45) is 0.825. The molecule has 1 fully saturated rings. The van der Waals surface area contributed by atoms with Crippen LogP contribution in [0.25, 0.3) is 0 Å². The number of benzene rings is 2. The minimum absolute atomic E-state index is 0.231. The molecule has 27 heavy (non-hydrogen) atoms. The van der Waals surface area contributed by atoms with Crippen molar-refractivity contribution in [1.82, 2.24) is 4.90 Å². The highest BCUT2D eigenvalue weighted by Gasteiger charge is 2.37. The minimum atomic E-state index is -1.28. The molecule has 1 aliphatic rings. The van der Waals surface area contributed by atoms with Gasteiger partial charge in [-0.3, -0.25) is 4.90 Å². The maximum Gasteiger partial charge on any atom is 0.337 e. The summed E-state index contributed by atoms with van der Waals surface area (Å²) < 4.78 is 10.5. The van der Waals surface area contributed by atoms with Crippen molar-refractivity contribution >= 4 is 5.97 Å². The molecule has 3 rings (SSSR count). The van der Waals surface area contributed by atoms with E-state index in [4.69, 9.17) is 9.47 Å². The van der Waals surface area contributed by atoms with Gasteiger partial charge in [0.1, 0.15) is 0 Å². The van der Waals surface area contributed by atoms with Crippen molar-refractivity contribution in [3.8, 4) is 0 Å². The molecule has 2 aromatic rings. The Bertz CT molecular complexity index is 789. The second kappa shape index (κ2) is 8.21. The summed E-state index contributed by atoms with van der Waals surface area (Å²) in [5.74, 6) is -1.61. The number of rotatable bonds is 5. The van der Waals surface area contributed by atoms with E-state index in [0.29, 0.717) is 18.7 Å². The lowest BCUT2D eigenvalue weighted by atomic mass is 9.99. The van der Waals surface area contributed by atoms with Crippen LogP contribution in [0.1, 0.15) is 34.0 Å². The molecule has 2 unspecified atom stereocenters. The second-order valence-electron chi connectivity index (χ2n) is 7.21. The molecule has 5 heteroatoms. The number of esters is 1. The van der Waals surface area contributed by atoms with Crippen molar-refractivity contribution in [1.29, 1.82) is 0 Å². The van der Waals surface area contributed by atoms with E-state index in [0.717, 1.165) is 29.7 Å². The Labute approximate surface area is 160 Å². The van der Waals surface area contributed by atoms with Crippen LogP contribution < -0.4 is 0 Å². The summed E-state index contributed by atoms with van der Waals surface area (Å²) in [4.78, 5) is 13.8. The Balaban J connectivity index is 1.68. The molecule has 144 valence electrons. The van der Waals surface area contributed by atoms with Crippen molar-refractivity contribution in [2.24, 2.45) is 0 Å². The van der Waals surface area contributed by atoms with Crippen LogP contribution in [0.4, 0.5) is 0 Å². The van der Waals surface area contributed by atoms with Crippen LogP contribution in [-0.2, 0) is 21.7 Å². The topological polar surface area (TPSA) is 59.0 Å². The van der Waals surface area contributed by atoms with Gasteiger partial charge >= 0.3 is 5.97 Å². The van der Waals surface area contributed by atoms with Crippen molar-refractivity contribution < 1.29 is 19.4 Å². The van der Waals surface area contributed by atoms with E-state index in [1.807, 2.05) is 43.3 Å². The van der Waals surface area contributed by atoms with Crippen molar-refractivity contribution in [3.63, 3.8) is 0 Å². The van der Waals surface area contributed by atoms with Gasteiger partial charge in [-0.2, -0.15) is 0 Å². The number of aryl methyl sites for hydroxylation is 1. The average molecular weight is 369 g/mol. The summed E-state index contributed by atoms with van der Waals surface area (Å²) in [7, 11) is 1.38. The first-order valence-corrected chi connectivity index (χ1v) is 9.26. The fourth-order valence-electron chi connectivity index (χ4n) is 3.54. The summed E-state index contributed by atoms with van der Waals surface area (Å²) in [5, 5.41) is 11.1. The summed E-state index contributed by atoms with van der Waals surface area (Å²) in [6, 6.07) is 15.5. The number of morpholine rings is 1. The smallest absolute Gasteiger partial charge is 0.337 e. The Morgan fingerprint density at radius 2 is 2.04 bits per heavy atom. The monoisotopic (exact) mass is 369 g/mol. The van der Waals surface area contributed by atoms with Crippen LogP contribution in [0.2, 0.25) is 0 Å². The molecule has 1 aliphatic heterocycles. The van der Waals surface area contributed by atoms with Crippen LogP contribution in [0.5, 0.6) is 0 Å². The van der Waals surface area contributed by atoms with Gasteiger partial charge in [0.25, 0.3) is 0 Å². The van der Waals surface area contributed by atoms with Crippen LogP contribution in [0.3, 0.4) is 0 Å². The standard InChI is InChI=1S/C22H27NO4/c1-16-5-4-6-20(13-16)22(25)15-23(11-12-27-22)17(2)14-18-7-9-19(10-8-18)21(24)26-3/h4-10,13,17,25H,11-12,14-15H2,1-3H3. The predicted molar refractivity (Wildman–Crippen MR) is 104 cm³/mol. The highest BCUT2D eigenvalue weighted by Crippen LogP contribution is 2.29. The molecule has 0 aliphatic carbocycles. The highest BCUT2D eigenvalue weighted by atomic mass is 16.6. The Morgan fingerprint density at radius 3 is 2.70 bits per heavy atom. The summed E-state index contributed by atoms with van der Waals surface area (Å²) in [6.45, 7) is 5.84. The van der Waals surface area contributed by atoms with E-state index >= 15 is 0 Å². The molecule has 0 radical (unpaired) electrons. The molecule has 2 atom stereocenters. The third kappa shape index (κ3) is 4.56. The number of carbonyl (C=O) groups is 1. The number of β-amino-alcohol motifs (C(OH)–C–C–N with tert-alkyl or cyclic N) is 1. The van der Waals surface area contributed by atoms with E-state index in [-0.39, 0.29) is 12.0 Å². The normalized spacial score (nSPS) is 21.6. The Hall–Kier alpha value is -2.21. The van der Waals surface area contributed by atoms with Crippen LogP contribution in [0, 0.1) is 6.92 Å². The maximum absolute atomic E-state index is 11.6. The fourth-order valence-corrected chi connectivity index (χ4v) is 3.54. The van der Waals surface area contributed by atoms with Gasteiger partial charge in [0.05, 0.1) is 25.8 Å². The van der Waals surface area contributed by atoms with Gasteiger partial charge in [0.2, 0.25) is 5.79 Å². The van der Waals surface area contributed by atoms with Gasteiger partial charge in [0.15, 0.2) is 0 Å². The van der Waals surface area contributed by atoms with Gasteiger partial charge in [0, 0.05) is 18.2 Å². The van der Waals surface area contributed by atoms with E-state index in [2.05, 4.69) is 11.8 Å². The van der Waals surface area contributed by atoms with Crippen molar-refractivity contribution in [2.75, 3.05) is 26.8 Å². The second-order valence-corrected chi connectivity index (χ2v) is 7.21. The highest BCUT2D eigenvalue weighted by molar-refractivity contribution is 5.89. The first-order valence-electron chi connectivity index (χ1n) is 9.26. The first-order chi connectivity index (χ1) is 12.9. The van der Waals surface area contributed by atoms with Gasteiger partial charge in [-0.25, -0.2) is 4.79 Å². The molecule has 1 heterocycles. The lowest BCUT2D eigenvalue weighted by Gasteiger charge is -2.42. The Kier molecular flexibility index (Phi) is 5.95. The third-order valence-electron chi connectivity index (χ3n) is 5.14. The molecule has 0 aromatic heterocycles. The van der Waals surface area contributed by atoms with Crippen molar-refractivity contribution in [2.45, 2.75) is 32.1 Å². The summed E-state index contributed by atoms with van der Waals surface area (Å²) in [5.41, 5.74) is 3.58. The fraction of sp³-hybridized carbons (Fsp3) is 0.409. The number of methoxy groups -OCH3 is 1. The summed E-state index contributed by atoms with van der Waals surface area (Å²) >= 11 is 0. The first kappa shape index (κ1) is 19.5. The van der Waals surface area contributed by atoms with E-state index in [1.165, 1.54) is 7.11 Å². The zero-order valence-corrected chi connectivity index (χ0v) is 16.1. The number of hydrogen-bond acceptors (Lipinski definition) is 5. The van der Waals surface area contributed by atoms with Gasteiger partial charge < -0.3 is 14.6 Å². The largest absolute Gasteiger partial charge is 0.465 e. The lowest BCUT2D eigenvalue weighted by Crippen LogP contribution is -2.53. The maximum atomic E-state index is 11.6. The zero-order valence-electron chi connectivity index (χ0n) is 16.1. The third-order valence-corrected chi connectivity index (χ3v) is 5.14. The SMILES string of the molecule is COC(=O)c1ccc(CC(C)N2CCOC(O)(c3cccc(C)c3)C2)cc1. The quantitative estimate of drug-likeness (QED) is 0.822. The number of aliphatic hydroxyl groups is 1. The van der Waals surface area contributed by atoms with Crippen LogP contribution >= 0.6 is 0 Å². The number of hydrogen-bond donors (Lipinski definition) is 1. The molecule has 5 nitrogen and oxygen atoms in total. The number of carbonyl (C=O) groups excluding carboxylic acids is 1. The molecule has 0 spiro atoms. The molecule has 2 aromatic carbocycles. The van der Waals surface area contributed by atoms with E-state index in [1.54, 1.807) is 12.1 Å². The molecular weight excluding hydrogens is 342 g/mol. The lowest BCUT2D eigenvalue weighted by molar-refractivity contribution is -0.251. The van der Waals surface area contributed by atoms with E-state index in [9.17, 15) is 9.90 Å². The zero-order chi connectivity index (χ0) is 19.4. The van der Waals surface area contributed by atoms with Crippen LogP contribution in [-0.4, -0.2) is 48.8 Å². The minimum Gasteiger partial charge on any atom is -0.465 e. The van der Waals surface area contributed by atoms with Gasteiger partial charge in [-0.05, 0) is 38.0 Å². The number of ether oxygens (including phenoxy) is 2. The molecule has 0 bridgehead atoms. The Morgan fingerprint density at radius 1 is 1.30 bits per heavy atom. The van der Waals surface area contributed by atoms with Crippen molar-refractivity contribution in [3.05, 3.63) is 70.8 Å². The molecule has 0 saturated carbocycles. The van der Waals surface area contributed by atoms with Gasteiger partial charge in [-0.1, -0.05) is 42.0 Å². The molecule has 1 N–H and O–H groups in total. The predicted octanol–water partition coefficient (Wildman–Crippen LogP) is 2.89. The molecule has 0 amide bonds. The molecular formula is C22H27NO4. The molecule has 1 saturated heterocycles. The number of nitrogens with zero attached hydrogens (tertiary/aromatic N) is 1. The average Bonchev–Trinajstić information content (AvgIpc) is 2.68. The van der Waals surface area contributed by atoms with Crippen LogP contribution in [0.15, 0.2) is 48.5 Å².